The molecule has 0 fully saturated rings. The highest BCUT2D eigenvalue weighted by molar-refractivity contribution is 5.90. The zero-order valence-electron chi connectivity index (χ0n) is 17.2. The molecule has 1 amide bonds. The SMILES string of the molecule is COc1cccc(/C=C/C(=O)OCC(=O)N2CC=C(c3ccccc3)CC2)c1OC. The van der Waals surface area contributed by atoms with E-state index >= 15 is 0 Å². The second-order valence-electron chi connectivity index (χ2n) is 6.71. The molecule has 3 rings (SSSR count). The molecule has 0 spiro atoms. The Kier molecular flexibility index (Phi) is 7.27. The highest BCUT2D eigenvalue weighted by Gasteiger charge is 2.19. The molecule has 0 saturated heterocycles. The number of esters is 1. The van der Waals surface area contributed by atoms with Crippen molar-refractivity contribution < 1.29 is 23.8 Å². The van der Waals surface area contributed by atoms with Gasteiger partial charge in [-0.1, -0.05) is 48.5 Å². The van der Waals surface area contributed by atoms with Crippen molar-refractivity contribution in [2.24, 2.45) is 0 Å². The Morgan fingerprint density at radius 1 is 1.03 bits per heavy atom. The average molecular weight is 407 g/mol. The summed E-state index contributed by atoms with van der Waals surface area (Å²) in [5.41, 5.74) is 3.08. The number of hydrogen-bond acceptors (Lipinski definition) is 5. The molecule has 2 aromatic carbocycles. The predicted molar refractivity (Wildman–Crippen MR) is 115 cm³/mol. The van der Waals surface area contributed by atoms with Crippen LogP contribution in [-0.4, -0.2) is 50.7 Å². The highest BCUT2D eigenvalue weighted by atomic mass is 16.5. The molecule has 2 aromatic rings. The summed E-state index contributed by atoms with van der Waals surface area (Å²) in [6.07, 6.45) is 5.67. The molecule has 156 valence electrons. The first-order chi connectivity index (χ1) is 14.6. The lowest BCUT2D eigenvalue weighted by molar-refractivity contribution is -0.147. The number of nitrogens with zero attached hydrogens (tertiary/aromatic N) is 1. The van der Waals surface area contributed by atoms with Crippen molar-refractivity contribution in [2.45, 2.75) is 6.42 Å². The first-order valence-corrected chi connectivity index (χ1v) is 9.70. The molecule has 0 aliphatic carbocycles. The Labute approximate surface area is 176 Å². The number of carbonyl (C=O) groups excluding carboxylic acids is 2. The molecule has 0 saturated carbocycles. The first kappa shape index (κ1) is 21.2. The van der Waals surface area contributed by atoms with E-state index in [2.05, 4.69) is 12.1 Å². The molecule has 6 heteroatoms. The minimum absolute atomic E-state index is 0.209. The maximum Gasteiger partial charge on any atom is 0.331 e. The summed E-state index contributed by atoms with van der Waals surface area (Å²) in [5.74, 6) is 0.287. The monoisotopic (exact) mass is 407 g/mol. The van der Waals surface area contributed by atoms with E-state index in [9.17, 15) is 9.59 Å². The number of carbonyl (C=O) groups is 2. The highest BCUT2D eigenvalue weighted by Crippen LogP contribution is 2.31. The molecule has 0 N–H and O–H groups in total. The van der Waals surface area contributed by atoms with Crippen LogP contribution in [-0.2, 0) is 14.3 Å². The molecule has 0 unspecified atom stereocenters. The van der Waals surface area contributed by atoms with E-state index in [1.165, 1.54) is 24.3 Å². The minimum Gasteiger partial charge on any atom is -0.493 e. The Bertz CT molecular complexity index is 949. The van der Waals surface area contributed by atoms with Gasteiger partial charge in [0.25, 0.3) is 5.91 Å². The van der Waals surface area contributed by atoms with Gasteiger partial charge < -0.3 is 19.1 Å². The van der Waals surface area contributed by atoms with Gasteiger partial charge in [-0.3, -0.25) is 4.79 Å². The summed E-state index contributed by atoms with van der Waals surface area (Å²) in [6.45, 7) is 0.832. The number of ether oxygens (including phenoxy) is 3. The lowest BCUT2D eigenvalue weighted by Gasteiger charge is -2.26. The largest absolute Gasteiger partial charge is 0.493 e. The van der Waals surface area contributed by atoms with E-state index in [0.717, 1.165) is 6.42 Å². The third-order valence-electron chi connectivity index (χ3n) is 4.88. The normalized spacial score (nSPS) is 13.7. The maximum atomic E-state index is 12.4. The van der Waals surface area contributed by atoms with Crippen molar-refractivity contribution in [2.75, 3.05) is 33.9 Å². The van der Waals surface area contributed by atoms with Crippen LogP contribution >= 0.6 is 0 Å². The van der Waals surface area contributed by atoms with E-state index in [4.69, 9.17) is 14.2 Å². The quantitative estimate of drug-likeness (QED) is 0.519. The molecule has 6 nitrogen and oxygen atoms in total. The summed E-state index contributed by atoms with van der Waals surface area (Å²) < 4.78 is 15.7. The van der Waals surface area contributed by atoms with Gasteiger partial charge in [0.05, 0.1) is 14.2 Å². The van der Waals surface area contributed by atoms with Crippen LogP contribution in [0.4, 0.5) is 0 Å². The summed E-state index contributed by atoms with van der Waals surface area (Å²) in [6, 6.07) is 15.5. The summed E-state index contributed by atoms with van der Waals surface area (Å²) >= 11 is 0. The third-order valence-corrected chi connectivity index (χ3v) is 4.88. The number of benzene rings is 2. The summed E-state index contributed by atoms with van der Waals surface area (Å²) in [5, 5.41) is 0. The van der Waals surface area contributed by atoms with Crippen molar-refractivity contribution in [1.29, 1.82) is 0 Å². The lowest BCUT2D eigenvalue weighted by atomic mass is 10.00. The zero-order chi connectivity index (χ0) is 21.3. The molecule has 1 aliphatic rings. The molecule has 30 heavy (non-hydrogen) atoms. The van der Waals surface area contributed by atoms with Crippen molar-refractivity contribution in [1.82, 2.24) is 4.90 Å². The zero-order valence-corrected chi connectivity index (χ0v) is 17.2. The van der Waals surface area contributed by atoms with Gasteiger partial charge >= 0.3 is 5.97 Å². The van der Waals surface area contributed by atoms with Crippen LogP contribution in [0.3, 0.4) is 0 Å². The van der Waals surface area contributed by atoms with Crippen LogP contribution in [0.5, 0.6) is 11.5 Å². The van der Waals surface area contributed by atoms with E-state index in [1.54, 1.807) is 36.3 Å². The number of amides is 1. The number of para-hydroxylation sites is 1. The maximum absolute atomic E-state index is 12.4. The summed E-state index contributed by atoms with van der Waals surface area (Å²) in [7, 11) is 3.08. The second-order valence-corrected chi connectivity index (χ2v) is 6.71. The molecule has 1 heterocycles. The lowest BCUT2D eigenvalue weighted by Crippen LogP contribution is -2.37. The van der Waals surface area contributed by atoms with E-state index < -0.39 is 5.97 Å². The number of rotatable bonds is 7. The van der Waals surface area contributed by atoms with Gasteiger partial charge in [-0.2, -0.15) is 0 Å². The molecule has 0 radical (unpaired) electrons. The fourth-order valence-electron chi connectivity index (χ4n) is 3.28. The van der Waals surface area contributed by atoms with Gasteiger partial charge in [0, 0.05) is 24.7 Å². The van der Waals surface area contributed by atoms with Crippen molar-refractivity contribution in [3.8, 4) is 11.5 Å². The minimum atomic E-state index is -0.592. The summed E-state index contributed by atoms with van der Waals surface area (Å²) in [4.78, 5) is 26.1. The predicted octanol–water partition coefficient (Wildman–Crippen LogP) is 3.58. The van der Waals surface area contributed by atoms with Crippen LogP contribution in [0, 0.1) is 0 Å². The van der Waals surface area contributed by atoms with Gasteiger partial charge in [0.2, 0.25) is 0 Å². The molecular formula is C24H25NO5. The fourth-order valence-corrected chi connectivity index (χ4v) is 3.28. The van der Waals surface area contributed by atoms with Crippen LogP contribution < -0.4 is 9.47 Å². The van der Waals surface area contributed by atoms with Gasteiger partial charge in [0.15, 0.2) is 18.1 Å². The van der Waals surface area contributed by atoms with E-state index in [-0.39, 0.29) is 12.5 Å². The Morgan fingerprint density at radius 3 is 2.50 bits per heavy atom. The Balaban J connectivity index is 1.51. The van der Waals surface area contributed by atoms with Crippen LogP contribution in [0.25, 0.3) is 11.6 Å². The topological polar surface area (TPSA) is 65.1 Å². The van der Waals surface area contributed by atoms with Gasteiger partial charge in [-0.05, 0) is 29.7 Å². The van der Waals surface area contributed by atoms with Crippen molar-refractivity contribution in [3.05, 3.63) is 71.8 Å². The molecular weight excluding hydrogens is 382 g/mol. The Morgan fingerprint density at radius 2 is 1.83 bits per heavy atom. The number of methoxy groups -OCH3 is 2. The van der Waals surface area contributed by atoms with Crippen molar-refractivity contribution in [3.63, 3.8) is 0 Å². The van der Waals surface area contributed by atoms with Crippen molar-refractivity contribution >= 4 is 23.5 Å². The molecule has 0 bridgehead atoms. The van der Waals surface area contributed by atoms with E-state index in [1.807, 2.05) is 24.3 Å². The van der Waals surface area contributed by atoms with Gasteiger partial charge in [0.1, 0.15) is 0 Å². The fraction of sp³-hybridized carbons (Fsp3) is 0.250. The van der Waals surface area contributed by atoms with Gasteiger partial charge in [-0.25, -0.2) is 4.79 Å². The average Bonchev–Trinajstić information content (AvgIpc) is 2.81. The standard InChI is InChI=1S/C24H25NO5/c1-28-21-10-6-9-20(24(21)29-2)11-12-23(27)30-17-22(26)25-15-13-19(14-16-25)18-7-4-3-5-8-18/h3-13H,14-17H2,1-2H3/b12-11+. The smallest absolute Gasteiger partial charge is 0.331 e. The molecule has 0 atom stereocenters. The second kappa shape index (κ2) is 10.3. The van der Waals surface area contributed by atoms with Gasteiger partial charge in [-0.15, -0.1) is 0 Å². The van der Waals surface area contributed by atoms with Crippen LogP contribution in [0.2, 0.25) is 0 Å². The third kappa shape index (κ3) is 5.29. The molecule has 1 aliphatic heterocycles. The Hall–Kier alpha value is -3.54. The molecule has 0 aromatic heterocycles. The first-order valence-electron chi connectivity index (χ1n) is 9.70. The van der Waals surface area contributed by atoms with E-state index in [0.29, 0.717) is 30.2 Å². The van der Waals surface area contributed by atoms with Crippen LogP contribution in [0.15, 0.2) is 60.7 Å². The van der Waals surface area contributed by atoms with Crippen LogP contribution in [0.1, 0.15) is 17.5 Å². The number of hydrogen-bond donors (Lipinski definition) is 0.